The van der Waals surface area contributed by atoms with E-state index in [1.807, 2.05) is 0 Å². The van der Waals surface area contributed by atoms with E-state index in [2.05, 4.69) is 99.9 Å². The Balaban J connectivity index is 1.69. The Bertz CT molecular complexity index is 1050. The number of aryl methyl sites for hydroxylation is 1. The number of alkyl halides is 3. The molecule has 0 N–H and O–H groups in total. The topological polar surface area (TPSA) is 18.5 Å². The monoisotopic (exact) mass is 620 g/mol. The van der Waals surface area contributed by atoms with Gasteiger partial charge in [-0.05, 0) is 95.1 Å². The van der Waals surface area contributed by atoms with Gasteiger partial charge in [0.25, 0.3) is 8.32 Å². The van der Waals surface area contributed by atoms with E-state index in [1.54, 1.807) is 0 Å². The molecule has 0 radical (unpaired) electrons. The quantitative estimate of drug-likeness (QED) is 0.194. The summed E-state index contributed by atoms with van der Waals surface area (Å²) in [4.78, 5) is 0. The van der Waals surface area contributed by atoms with Crippen LogP contribution in [-0.4, -0.2) is 26.2 Å². The van der Waals surface area contributed by atoms with E-state index in [0.29, 0.717) is 47.9 Å². The number of benzene rings is 2. The van der Waals surface area contributed by atoms with E-state index in [4.69, 9.17) is 9.16 Å². The van der Waals surface area contributed by atoms with Gasteiger partial charge in [0.2, 0.25) is 5.92 Å². The molecule has 0 aliphatic heterocycles. The summed E-state index contributed by atoms with van der Waals surface area (Å²) in [6, 6.07) is 15.3. The number of hydrogen-bond donors (Lipinski definition) is 0. The second kappa shape index (κ2) is 12.6. The molecular weight excluding hydrogens is 574 g/mol. The minimum Gasteiger partial charge on any atom is -0.543 e. The van der Waals surface area contributed by atoms with Crippen LogP contribution >= 0.6 is 15.9 Å². The Hall–Kier alpha value is -1.40. The largest absolute Gasteiger partial charge is 0.543 e. The summed E-state index contributed by atoms with van der Waals surface area (Å²) < 4.78 is 41.0. The van der Waals surface area contributed by atoms with Gasteiger partial charge in [0.15, 0.2) is 0 Å². The van der Waals surface area contributed by atoms with Crippen molar-refractivity contribution in [2.45, 2.75) is 109 Å². The van der Waals surface area contributed by atoms with Crippen LogP contribution in [-0.2, 0) is 6.42 Å². The van der Waals surface area contributed by atoms with Crippen molar-refractivity contribution in [1.29, 1.82) is 0 Å². The molecule has 2 atom stereocenters. The molecule has 0 saturated heterocycles. The minimum absolute atomic E-state index is 0.0200. The van der Waals surface area contributed by atoms with E-state index >= 15 is 0 Å². The van der Waals surface area contributed by atoms with Crippen LogP contribution in [0.15, 0.2) is 42.5 Å². The van der Waals surface area contributed by atoms with Gasteiger partial charge in [0, 0.05) is 24.1 Å². The molecule has 0 aromatic heterocycles. The lowest BCUT2D eigenvalue weighted by Gasteiger charge is -2.43. The average Bonchev–Trinajstić information content (AvgIpc) is 2.89. The first-order valence-corrected chi connectivity index (χ1v) is 18.2. The van der Waals surface area contributed by atoms with Crippen LogP contribution in [0.3, 0.4) is 0 Å². The number of rotatable bonds is 10. The molecule has 0 bridgehead atoms. The second-order valence-electron chi connectivity index (χ2n) is 12.8. The molecule has 0 heterocycles. The van der Waals surface area contributed by atoms with Crippen molar-refractivity contribution in [1.82, 2.24) is 0 Å². The van der Waals surface area contributed by atoms with Gasteiger partial charge in [-0.3, -0.25) is 0 Å². The Morgan fingerprint density at radius 3 is 2.03 bits per heavy atom. The lowest BCUT2D eigenvalue weighted by Crippen LogP contribution is -2.50. The first kappa shape index (κ1) is 30.6. The molecule has 6 heteroatoms. The molecule has 216 valence electrons. The third-order valence-electron chi connectivity index (χ3n) is 9.58. The zero-order valence-corrected chi connectivity index (χ0v) is 27.2. The van der Waals surface area contributed by atoms with E-state index in [1.165, 1.54) is 16.7 Å². The van der Waals surface area contributed by atoms with Gasteiger partial charge in [-0.15, -0.1) is 0 Å². The average molecular weight is 622 g/mol. The molecular formula is C33H47BrF2O2Si. The van der Waals surface area contributed by atoms with Crippen molar-refractivity contribution in [3.8, 4) is 11.5 Å². The standard InChI is InChI=1S/C33H47BrF2O2Si/c1-22(2)39(23(3)4,24(5)6)38-29-12-14-31-27(21-29)9-13-30(25-15-17-33(35,36)18-16-25)32(31)26-7-10-28(11-8-26)37-20-19-34/h7-8,10-12,14,21-25,30,32H,9,13,15-20H2,1-6H3/t30-,32+/m0/s1. The fourth-order valence-electron chi connectivity index (χ4n) is 7.80. The summed E-state index contributed by atoms with van der Waals surface area (Å²) in [5.74, 6) is 0.260. The first-order chi connectivity index (χ1) is 18.5. The first-order valence-electron chi connectivity index (χ1n) is 15.0. The van der Waals surface area contributed by atoms with Crippen LogP contribution in [0.2, 0.25) is 16.6 Å². The second-order valence-corrected chi connectivity index (χ2v) is 18.9. The van der Waals surface area contributed by atoms with Gasteiger partial charge < -0.3 is 9.16 Å². The number of ether oxygens (including phenoxy) is 1. The third kappa shape index (κ3) is 6.58. The molecule has 2 nitrogen and oxygen atoms in total. The molecule has 2 aliphatic rings. The van der Waals surface area contributed by atoms with Crippen LogP contribution in [0, 0.1) is 11.8 Å². The zero-order valence-electron chi connectivity index (χ0n) is 24.6. The van der Waals surface area contributed by atoms with Gasteiger partial charge >= 0.3 is 0 Å². The third-order valence-corrected chi connectivity index (χ3v) is 15.9. The Morgan fingerprint density at radius 1 is 0.872 bits per heavy atom. The van der Waals surface area contributed by atoms with E-state index in [9.17, 15) is 8.78 Å². The molecule has 1 saturated carbocycles. The Morgan fingerprint density at radius 2 is 1.46 bits per heavy atom. The molecule has 2 aliphatic carbocycles. The molecule has 0 amide bonds. The van der Waals surface area contributed by atoms with E-state index in [0.717, 1.165) is 29.7 Å². The highest BCUT2D eigenvalue weighted by atomic mass is 79.9. The number of hydrogen-bond acceptors (Lipinski definition) is 2. The van der Waals surface area contributed by atoms with Crippen LogP contribution in [0.25, 0.3) is 0 Å². The molecule has 0 unspecified atom stereocenters. The lowest BCUT2D eigenvalue weighted by atomic mass is 9.64. The predicted molar refractivity (Wildman–Crippen MR) is 164 cm³/mol. The maximum atomic E-state index is 14.1. The van der Waals surface area contributed by atoms with Crippen molar-refractivity contribution in [2.24, 2.45) is 11.8 Å². The summed E-state index contributed by atoms with van der Waals surface area (Å²) in [5.41, 5.74) is 5.50. The Labute approximate surface area is 244 Å². The minimum atomic E-state index is -2.50. The number of fused-ring (bicyclic) bond motifs is 1. The van der Waals surface area contributed by atoms with Crippen LogP contribution in [0.5, 0.6) is 11.5 Å². The number of halogens is 3. The predicted octanol–water partition coefficient (Wildman–Crippen LogP) is 10.5. The lowest BCUT2D eigenvalue weighted by molar-refractivity contribution is -0.0539. The summed E-state index contributed by atoms with van der Waals surface area (Å²) in [7, 11) is -2.05. The molecule has 1 fully saturated rings. The highest BCUT2D eigenvalue weighted by molar-refractivity contribution is 9.09. The summed E-state index contributed by atoms with van der Waals surface area (Å²) in [6.45, 7) is 14.6. The summed E-state index contributed by atoms with van der Waals surface area (Å²) in [6.07, 6.45) is 3.27. The van der Waals surface area contributed by atoms with Crippen LogP contribution in [0.4, 0.5) is 8.78 Å². The van der Waals surface area contributed by atoms with Crippen molar-refractivity contribution >= 4 is 24.2 Å². The van der Waals surface area contributed by atoms with E-state index in [-0.39, 0.29) is 18.8 Å². The zero-order chi connectivity index (χ0) is 28.4. The molecule has 2 aromatic carbocycles. The molecule has 2 aromatic rings. The van der Waals surface area contributed by atoms with Gasteiger partial charge in [-0.25, -0.2) is 8.78 Å². The fourth-order valence-corrected chi connectivity index (χ4v) is 13.2. The molecule has 0 spiro atoms. The Kier molecular flexibility index (Phi) is 9.89. The summed E-state index contributed by atoms with van der Waals surface area (Å²) >= 11 is 3.42. The van der Waals surface area contributed by atoms with Crippen LogP contribution in [0.1, 0.15) is 96.3 Å². The normalized spacial score (nSPS) is 21.8. The van der Waals surface area contributed by atoms with E-state index < -0.39 is 14.2 Å². The SMILES string of the molecule is CC(C)[Si](Oc1ccc2c(c1)CC[C@@H](C1CCC(F)(F)CC1)[C@H]2c1ccc(OCCBr)cc1)(C(C)C)C(C)C. The van der Waals surface area contributed by atoms with Gasteiger partial charge in [-0.2, -0.15) is 0 Å². The van der Waals surface area contributed by atoms with Crippen molar-refractivity contribution in [2.75, 3.05) is 11.9 Å². The van der Waals surface area contributed by atoms with Gasteiger partial charge in [0.1, 0.15) is 11.5 Å². The maximum absolute atomic E-state index is 14.1. The maximum Gasteiger partial charge on any atom is 0.258 e. The highest BCUT2D eigenvalue weighted by Gasteiger charge is 2.47. The van der Waals surface area contributed by atoms with Gasteiger partial charge in [-0.1, -0.05) is 75.7 Å². The summed E-state index contributed by atoms with van der Waals surface area (Å²) in [5, 5.41) is 0.790. The van der Waals surface area contributed by atoms with Crippen molar-refractivity contribution in [3.05, 3.63) is 59.2 Å². The van der Waals surface area contributed by atoms with Crippen molar-refractivity contribution < 1.29 is 17.9 Å². The fraction of sp³-hybridized carbons (Fsp3) is 0.636. The molecule has 4 rings (SSSR count). The molecule has 39 heavy (non-hydrogen) atoms. The van der Waals surface area contributed by atoms with Crippen molar-refractivity contribution in [3.63, 3.8) is 0 Å². The highest BCUT2D eigenvalue weighted by Crippen LogP contribution is 2.51. The smallest absolute Gasteiger partial charge is 0.258 e. The van der Waals surface area contributed by atoms with Crippen LogP contribution < -0.4 is 9.16 Å². The van der Waals surface area contributed by atoms with Gasteiger partial charge in [0.05, 0.1) is 6.61 Å².